The highest BCUT2D eigenvalue weighted by atomic mass is 16.2. The zero-order chi connectivity index (χ0) is 24.2. The molecule has 0 radical (unpaired) electrons. The van der Waals surface area contributed by atoms with Gasteiger partial charge < -0.3 is 14.7 Å². The monoisotopic (exact) mass is 467 g/mol. The average Bonchev–Trinajstić information content (AvgIpc) is 3.17. The molecule has 35 heavy (non-hydrogen) atoms. The third-order valence-corrected chi connectivity index (χ3v) is 7.52. The summed E-state index contributed by atoms with van der Waals surface area (Å²) in [5.41, 5.74) is 8.43. The minimum Gasteiger partial charge on any atom is -0.330 e. The van der Waals surface area contributed by atoms with Gasteiger partial charge in [-0.3, -0.25) is 4.79 Å². The van der Waals surface area contributed by atoms with E-state index in [0.29, 0.717) is 13.1 Å². The first-order chi connectivity index (χ1) is 17.0. The Morgan fingerprint density at radius 2 is 1.49 bits per heavy atom. The van der Waals surface area contributed by atoms with Crippen molar-refractivity contribution in [3.8, 4) is 0 Å². The molecule has 1 fully saturated rings. The fourth-order valence-corrected chi connectivity index (χ4v) is 5.47. The van der Waals surface area contributed by atoms with Crippen LogP contribution in [0.3, 0.4) is 0 Å². The molecule has 0 aromatic heterocycles. The van der Waals surface area contributed by atoms with E-state index in [0.717, 1.165) is 30.5 Å². The van der Waals surface area contributed by atoms with Crippen molar-refractivity contribution < 1.29 is 4.79 Å². The second-order valence-electron chi connectivity index (χ2n) is 10.3. The Labute approximate surface area is 210 Å². The number of carbonyl (C=O) groups is 1. The molecule has 0 spiro atoms. The Morgan fingerprint density at radius 1 is 0.800 bits per heavy atom. The number of hydrogen-bond donors (Lipinski definition) is 0. The molecular formula is C31H37N3O. The number of likely N-dealkylation sites (N-methyl/N-ethyl adjacent to an activating group) is 1. The van der Waals surface area contributed by atoms with E-state index in [1.807, 2.05) is 4.90 Å². The smallest absolute Gasteiger partial charge is 0.255 e. The number of carbonyl (C=O) groups excluding carboxylic acids is 1. The van der Waals surface area contributed by atoms with Crippen molar-refractivity contribution in [1.29, 1.82) is 0 Å². The maximum absolute atomic E-state index is 13.2. The highest BCUT2D eigenvalue weighted by Crippen LogP contribution is 2.29. The van der Waals surface area contributed by atoms with Crippen LogP contribution < -0.4 is 0 Å². The van der Waals surface area contributed by atoms with Gasteiger partial charge in [0.1, 0.15) is 0 Å². The SMILES string of the molecule is Cc1cc(CCCN2CCN(C)CC2)cc2c1C(=O)N(Cc1ccc(Cc3ccccc3)cc1)C2. The molecule has 3 aromatic rings. The fraction of sp³-hybridized carbons (Fsp3) is 0.387. The number of amides is 1. The summed E-state index contributed by atoms with van der Waals surface area (Å²) in [6.07, 6.45) is 3.19. The Morgan fingerprint density at radius 3 is 2.23 bits per heavy atom. The molecule has 0 atom stereocenters. The third kappa shape index (κ3) is 5.83. The van der Waals surface area contributed by atoms with Gasteiger partial charge >= 0.3 is 0 Å². The largest absolute Gasteiger partial charge is 0.330 e. The van der Waals surface area contributed by atoms with E-state index in [9.17, 15) is 4.79 Å². The predicted molar refractivity (Wildman–Crippen MR) is 143 cm³/mol. The lowest BCUT2D eigenvalue weighted by atomic mass is 9.98. The van der Waals surface area contributed by atoms with Gasteiger partial charge in [-0.15, -0.1) is 0 Å². The number of hydrogen-bond acceptors (Lipinski definition) is 3. The molecule has 2 aliphatic rings. The van der Waals surface area contributed by atoms with Gasteiger partial charge in [0.15, 0.2) is 0 Å². The molecule has 1 amide bonds. The molecule has 2 aliphatic heterocycles. The van der Waals surface area contributed by atoms with E-state index in [4.69, 9.17) is 0 Å². The highest BCUT2D eigenvalue weighted by molar-refractivity contribution is 5.99. The van der Waals surface area contributed by atoms with Crippen LogP contribution in [0.1, 0.15) is 50.2 Å². The Kier molecular flexibility index (Phi) is 7.31. The maximum atomic E-state index is 13.2. The van der Waals surface area contributed by atoms with Gasteiger partial charge in [-0.05, 0) is 73.2 Å². The van der Waals surface area contributed by atoms with E-state index < -0.39 is 0 Å². The molecule has 0 aliphatic carbocycles. The van der Waals surface area contributed by atoms with E-state index in [1.165, 1.54) is 60.4 Å². The van der Waals surface area contributed by atoms with Gasteiger partial charge in [-0.2, -0.15) is 0 Å². The van der Waals surface area contributed by atoms with Crippen LogP contribution in [0.15, 0.2) is 66.7 Å². The lowest BCUT2D eigenvalue weighted by Gasteiger charge is -2.32. The van der Waals surface area contributed by atoms with Gasteiger partial charge in [-0.25, -0.2) is 0 Å². The van der Waals surface area contributed by atoms with Crippen LogP contribution in [-0.4, -0.2) is 60.4 Å². The predicted octanol–water partition coefficient (Wildman–Crippen LogP) is 4.92. The van der Waals surface area contributed by atoms with Crippen molar-refractivity contribution >= 4 is 5.91 Å². The second kappa shape index (κ2) is 10.8. The zero-order valence-electron chi connectivity index (χ0n) is 21.2. The number of piperazine rings is 1. The van der Waals surface area contributed by atoms with Gasteiger partial charge in [0, 0.05) is 44.8 Å². The van der Waals surface area contributed by atoms with Crippen LogP contribution in [0.25, 0.3) is 0 Å². The topological polar surface area (TPSA) is 26.8 Å². The van der Waals surface area contributed by atoms with E-state index in [-0.39, 0.29) is 5.91 Å². The Balaban J connectivity index is 1.17. The number of fused-ring (bicyclic) bond motifs is 1. The summed E-state index contributed by atoms with van der Waals surface area (Å²) in [5, 5.41) is 0. The fourth-order valence-electron chi connectivity index (χ4n) is 5.47. The van der Waals surface area contributed by atoms with Crippen molar-refractivity contribution in [2.75, 3.05) is 39.8 Å². The second-order valence-corrected chi connectivity index (χ2v) is 10.3. The lowest BCUT2D eigenvalue weighted by Crippen LogP contribution is -2.44. The molecule has 4 heteroatoms. The zero-order valence-corrected chi connectivity index (χ0v) is 21.2. The molecule has 0 bridgehead atoms. The van der Waals surface area contributed by atoms with Crippen LogP contribution in [0, 0.1) is 6.92 Å². The molecule has 0 N–H and O–H groups in total. The molecule has 3 aromatic carbocycles. The summed E-state index contributed by atoms with van der Waals surface area (Å²) in [5.74, 6) is 0.176. The quantitative estimate of drug-likeness (QED) is 0.470. The minimum atomic E-state index is 0.176. The first-order valence-electron chi connectivity index (χ1n) is 13.0. The number of nitrogens with zero attached hydrogens (tertiary/aromatic N) is 3. The average molecular weight is 468 g/mol. The first-order valence-corrected chi connectivity index (χ1v) is 13.0. The standard InChI is InChI=1S/C31H37N3O/c1-24-19-28(9-6-14-33-17-15-32(2)16-18-33)21-29-23-34(31(35)30(24)29)22-27-12-10-26(11-13-27)20-25-7-4-3-5-8-25/h3-5,7-8,10-13,19,21H,6,9,14-18,20,22-23H2,1-2H3. The first kappa shape index (κ1) is 23.8. The van der Waals surface area contributed by atoms with Gasteiger partial charge in [0.2, 0.25) is 0 Å². The Bertz CT molecular complexity index is 1150. The normalized spacial score (nSPS) is 16.6. The van der Waals surface area contributed by atoms with Gasteiger partial charge in [0.05, 0.1) is 0 Å². The van der Waals surface area contributed by atoms with E-state index >= 15 is 0 Å². The number of rotatable bonds is 8. The van der Waals surface area contributed by atoms with Gasteiger partial charge in [0.25, 0.3) is 5.91 Å². The van der Waals surface area contributed by atoms with E-state index in [1.54, 1.807) is 0 Å². The molecular weight excluding hydrogens is 430 g/mol. The molecule has 182 valence electrons. The van der Waals surface area contributed by atoms with Crippen molar-refractivity contribution in [2.45, 2.75) is 39.3 Å². The number of aryl methyl sites for hydroxylation is 2. The molecule has 5 rings (SSSR count). The van der Waals surface area contributed by atoms with Crippen molar-refractivity contribution in [2.24, 2.45) is 0 Å². The summed E-state index contributed by atoms with van der Waals surface area (Å²) in [6, 6.07) is 23.8. The summed E-state index contributed by atoms with van der Waals surface area (Å²) in [4.78, 5) is 20.2. The van der Waals surface area contributed by atoms with Crippen LogP contribution in [0.2, 0.25) is 0 Å². The van der Waals surface area contributed by atoms with Gasteiger partial charge in [-0.1, -0.05) is 66.7 Å². The Hall–Kier alpha value is -2.95. The lowest BCUT2D eigenvalue weighted by molar-refractivity contribution is 0.0766. The number of benzene rings is 3. The van der Waals surface area contributed by atoms with Crippen LogP contribution in [0.5, 0.6) is 0 Å². The highest BCUT2D eigenvalue weighted by Gasteiger charge is 2.29. The summed E-state index contributed by atoms with van der Waals surface area (Å²) >= 11 is 0. The molecule has 1 saturated heterocycles. The minimum absolute atomic E-state index is 0.176. The summed E-state index contributed by atoms with van der Waals surface area (Å²) < 4.78 is 0. The van der Waals surface area contributed by atoms with Crippen LogP contribution in [0.4, 0.5) is 0 Å². The van der Waals surface area contributed by atoms with Crippen molar-refractivity contribution in [3.05, 3.63) is 106 Å². The van der Waals surface area contributed by atoms with Crippen molar-refractivity contribution in [1.82, 2.24) is 14.7 Å². The van der Waals surface area contributed by atoms with Crippen LogP contribution >= 0.6 is 0 Å². The maximum Gasteiger partial charge on any atom is 0.255 e. The molecule has 4 nitrogen and oxygen atoms in total. The van der Waals surface area contributed by atoms with E-state index in [2.05, 4.69) is 90.5 Å². The molecule has 0 unspecified atom stereocenters. The molecule has 2 heterocycles. The van der Waals surface area contributed by atoms with Crippen molar-refractivity contribution in [3.63, 3.8) is 0 Å². The molecule has 0 saturated carbocycles. The van der Waals surface area contributed by atoms with Crippen LogP contribution in [-0.2, 0) is 25.9 Å². The summed E-state index contributed by atoms with van der Waals surface area (Å²) in [6.45, 7) is 9.34. The third-order valence-electron chi connectivity index (χ3n) is 7.52. The summed E-state index contributed by atoms with van der Waals surface area (Å²) in [7, 11) is 2.20.